The summed E-state index contributed by atoms with van der Waals surface area (Å²) < 4.78 is 0. The van der Waals surface area contributed by atoms with Crippen molar-refractivity contribution in [2.24, 2.45) is 5.41 Å². The molecule has 0 fully saturated rings. The number of aliphatic carboxylic acids is 2. The van der Waals surface area contributed by atoms with Crippen LogP contribution in [0.5, 0.6) is 0 Å². The van der Waals surface area contributed by atoms with Crippen molar-refractivity contribution in [1.29, 1.82) is 0 Å². The molecule has 2 rings (SSSR count). The highest BCUT2D eigenvalue weighted by Gasteiger charge is 2.45. The van der Waals surface area contributed by atoms with Gasteiger partial charge in [-0.25, -0.2) is 0 Å². The minimum Gasteiger partial charge on any atom is -0.480 e. The van der Waals surface area contributed by atoms with E-state index < -0.39 is 17.4 Å². The lowest BCUT2D eigenvalue weighted by Gasteiger charge is -2.24. The Balaban J connectivity index is 2.01. The van der Waals surface area contributed by atoms with Crippen molar-refractivity contribution < 1.29 is 19.8 Å². The number of allylic oxidation sites excluding steroid dienone is 6. The second kappa shape index (κ2) is 13.7. The molecule has 0 bridgehead atoms. The van der Waals surface area contributed by atoms with Crippen molar-refractivity contribution in [2.45, 2.75) is 79.1 Å². The summed E-state index contributed by atoms with van der Waals surface area (Å²) in [5, 5.41) is 22.1. The molecule has 0 atom stereocenters. The van der Waals surface area contributed by atoms with E-state index in [4.69, 9.17) is 0 Å². The third kappa shape index (κ3) is 8.54. The summed E-state index contributed by atoms with van der Waals surface area (Å²) in [6.07, 6.45) is 11.2. The Hall–Kier alpha value is -3.14. The summed E-state index contributed by atoms with van der Waals surface area (Å²) in [7, 11) is 0. The molecule has 0 radical (unpaired) electrons. The van der Waals surface area contributed by atoms with Crippen LogP contribution < -0.4 is 0 Å². The van der Waals surface area contributed by atoms with Gasteiger partial charge < -0.3 is 10.2 Å². The van der Waals surface area contributed by atoms with Gasteiger partial charge in [-0.05, 0) is 95.4 Å². The van der Waals surface area contributed by atoms with E-state index in [-0.39, 0.29) is 12.8 Å². The van der Waals surface area contributed by atoms with Crippen molar-refractivity contribution in [2.75, 3.05) is 0 Å². The number of hydrogen-bond donors (Lipinski definition) is 2. The summed E-state index contributed by atoms with van der Waals surface area (Å²) in [6.45, 7) is 8.29. The maximum absolute atomic E-state index is 12.2. The molecule has 0 aliphatic heterocycles. The van der Waals surface area contributed by atoms with E-state index in [9.17, 15) is 19.8 Å². The lowest BCUT2D eigenvalue weighted by molar-refractivity contribution is -0.165. The quantitative estimate of drug-likeness (QED) is 0.213. The zero-order chi connectivity index (χ0) is 25.8. The van der Waals surface area contributed by atoms with Gasteiger partial charge >= 0.3 is 11.9 Å². The summed E-state index contributed by atoms with van der Waals surface area (Å²) >= 11 is 0. The molecule has 2 aromatic carbocycles. The second-order valence-electron chi connectivity index (χ2n) is 9.85. The van der Waals surface area contributed by atoms with Crippen molar-refractivity contribution in [3.63, 3.8) is 0 Å². The van der Waals surface area contributed by atoms with Crippen molar-refractivity contribution in [3.05, 3.63) is 83.0 Å². The summed E-state index contributed by atoms with van der Waals surface area (Å²) in [6, 6.07) is 14.1. The highest BCUT2D eigenvalue weighted by atomic mass is 16.4. The number of benzene rings is 2. The molecule has 0 amide bonds. The number of aryl methyl sites for hydroxylation is 1. The fourth-order valence-corrected chi connectivity index (χ4v) is 4.36. The van der Waals surface area contributed by atoms with Gasteiger partial charge in [0.2, 0.25) is 0 Å². The molecule has 2 aromatic rings. The van der Waals surface area contributed by atoms with Gasteiger partial charge in [-0.2, -0.15) is 0 Å². The van der Waals surface area contributed by atoms with E-state index in [2.05, 4.69) is 39.0 Å². The van der Waals surface area contributed by atoms with Crippen LogP contribution in [-0.4, -0.2) is 22.2 Å². The molecule has 0 aromatic heterocycles. The first-order valence-electron chi connectivity index (χ1n) is 12.5. The van der Waals surface area contributed by atoms with Gasteiger partial charge in [0.15, 0.2) is 5.41 Å². The molecule has 0 saturated carbocycles. The molecule has 0 aliphatic rings. The number of carbonyl (C=O) groups is 2. The van der Waals surface area contributed by atoms with Crippen molar-refractivity contribution in [3.8, 4) is 0 Å². The number of fused-ring (bicyclic) bond motifs is 1. The smallest absolute Gasteiger partial charge is 0.321 e. The number of hydrogen-bond acceptors (Lipinski definition) is 2. The lowest BCUT2D eigenvalue weighted by Crippen LogP contribution is -2.39. The zero-order valence-electron chi connectivity index (χ0n) is 21.6. The third-order valence-corrected chi connectivity index (χ3v) is 6.67. The first kappa shape index (κ1) is 28.1. The fraction of sp³-hybridized carbons (Fsp3) is 0.419. The van der Waals surface area contributed by atoms with Crippen LogP contribution in [-0.2, 0) is 16.0 Å². The topological polar surface area (TPSA) is 74.6 Å². The zero-order valence-corrected chi connectivity index (χ0v) is 21.6. The Morgan fingerprint density at radius 1 is 0.800 bits per heavy atom. The molecular weight excluding hydrogens is 436 g/mol. The normalized spacial score (nSPS) is 12.6. The average Bonchev–Trinajstić information content (AvgIpc) is 2.80. The van der Waals surface area contributed by atoms with Crippen LogP contribution in [0.3, 0.4) is 0 Å². The van der Waals surface area contributed by atoms with Gasteiger partial charge in [0.25, 0.3) is 0 Å². The summed E-state index contributed by atoms with van der Waals surface area (Å²) in [5.41, 5.74) is 3.01. The van der Waals surface area contributed by atoms with Gasteiger partial charge in [0.1, 0.15) is 0 Å². The van der Waals surface area contributed by atoms with E-state index in [0.717, 1.165) is 47.6 Å². The van der Waals surface area contributed by atoms with Gasteiger partial charge in [0.05, 0.1) is 0 Å². The maximum Gasteiger partial charge on any atom is 0.321 e. The van der Waals surface area contributed by atoms with Crippen LogP contribution in [0.1, 0.15) is 78.2 Å². The van der Waals surface area contributed by atoms with Crippen molar-refractivity contribution >= 4 is 22.7 Å². The van der Waals surface area contributed by atoms with Crippen LogP contribution in [0.15, 0.2) is 77.4 Å². The Morgan fingerprint density at radius 2 is 1.40 bits per heavy atom. The molecule has 0 spiro atoms. The van der Waals surface area contributed by atoms with Gasteiger partial charge in [-0.15, -0.1) is 0 Å². The van der Waals surface area contributed by atoms with Crippen LogP contribution in [0.2, 0.25) is 0 Å². The minimum absolute atomic E-state index is 0.00229. The Bertz CT molecular complexity index is 1080. The predicted molar refractivity (Wildman–Crippen MR) is 145 cm³/mol. The van der Waals surface area contributed by atoms with Crippen LogP contribution >= 0.6 is 0 Å². The molecule has 0 unspecified atom stereocenters. The predicted octanol–water partition coefficient (Wildman–Crippen LogP) is 8.13. The average molecular weight is 477 g/mol. The standard InChI is InChI=1S/C31H40O4/c1-23(2)11-7-12-24(3)13-8-14-25(4)20-22-31(29(32)33,30(34)35)21-10-18-27-17-9-16-26-15-5-6-19-28(26)27/h5-6,9,11,13,15-17,19-20H,7-8,10,12,14,18,21-22H2,1-4H3,(H,32,33)(H,34,35). The first-order chi connectivity index (χ1) is 16.7. The largest absolute Gasteiger partial charge is 0.480 e. The molecule has 0 saturated heterocycles. The molecular formula is C31H40O4. The molecule has 0 aliphatic carbocycles. The van der Waals surface area contributed by atoms with E-state index in [1.54, 1.807) is 0 Å². The van der Waals surface area contributed by atoms with E-state index in [1.807, 2.05) is 49.4 Å². The van der Waals surface area contributed by atoms with E-state index in [0.29, 0.717) is 12.8 Å². The molecule has 2 N–H and O–H groups in total. The molecule has 188 valence electrons. The van der Waals surface area contributed by atoms with Crippen molar-refractivity contribution in [1.82, 2.24) is 0 Å². The van der Waals surface area contributed by atoms with Crippen LogP contribution in [0.25, 0.3) is 10.8 Å². The number of carboxylic acid groups (broad SMARTS) is 2. The lowest BCUT2D eigenvalue weighted by atomic mass is 9.78. The Kier molecular flexibility index (Phi) is 11.0. The Labute approximate surface area is 210 Å². The number of carboxylic acids is 2. The third-order valence-electron chi connectivity index (χ3n) is 6.67. The van der Waals surface area contributed by atoms with Gasteiger partial charge in [0, 0.05) is 0 Å². The van der Waals surface area contributed by atoms with Gasteiger partial charge in [-0.3, -0.25) is 9.59 Å². The fourth-order valence-electron chi connectivity index (χ4n) is 4.36. The Morgan fingerprint density at radius 3 is 2.06 bits per heavy atom. The molecule has 0 heterocycles. The summed E-state index contributed by atoms with van der Waals surface area (Å²) in [5.74, 6) is -2.52. The first-order valence-corrected chi connectivity index (χ1v) is 12.5. The second-order valence-corrected chi connectivity index (χ2v) is 9.85. The van der Waals surface area contributed by atoms with Gasteiger partial charge in [-0.1, -0.05) is 77.4 Å². The SMILES string of the molecule is CC(C)=CCCC(C)=CCCC(C)=CCC(CCCc1cccc2ccccc12)(C(=O)O)C(=O)O. The van der Waals surface area contributed by atoms with Crippen LogP contribution in [0, 0.1) is 5.41 Å². The number of rotatable bonds is 14. The van der Waals surface area contributed by atoms with Crippen LogP contribution in [0.4, 0.5) is 0 Å². The van der Waals surface area contributed by atoms with E-state index in [1.165, 1.54) is 11.1 Å². The molecule has 4 nitrogen and oxygen atoms in total. The maximum atomic E-state index is 12.2. The highest BCUT2D eigenvalue weighted by Crippen LogP contribution is 2.32. The highest BCUT2D eigenvalue weighted by molar-refractivity contribution is 5.98. The summed E-state index contributed by atoms with van der Waals surface area (Å²) in [4.78, 5) is 24.3. The molecule has 35 heavy (non-hydrogen) atoms. The minimum atomic E-state index is -1.80. The van der Waals surface area contributed by atoms with E-state index >= 15 is 0 Å². The molecule has 4 heteroatoms. The monoisotopic (exact) mass is 476 g/mol.